The average molecular weight is 557 g/mol. The van der Waals surface area contributed by atoms with Gasteiger partial charge in [0.25, 0.3) is 0 Å². The molecule has 0 radical (unpaired) electrons. The molecule has 2 N–H and O–H groups in total. The molecular weight excluding hydrogens is 512 g/mol. The highest BCUT2D eigenvalue weighted by molar-refractivity contribution is 5.76. The summed E-state index contributed by atoms with van der Waals surface area (Å²) in [5.41, 5.74) is 5.92. The van der Waals surface area contributed by atoms with E-state index in [1.165, 1.54) is 0 Å². The van der Waals surface area contributed by atoms with Gasteiger partial charge in [0.05, 0.1) is 23.0 Å². The second kappa shape index (κ2) is 10.8. The van der Waals surface area contributed by atoms with Gasteiger partial charge in [-0.3, -0.25) is 4.79 Å². The van der Waals surface area contributed by atoms with Gasteiger partial charge < -0.3 is 20.2 Å². The Bertz CT molecular complexity index is 1460. The largest absolute Gasteiger partial charge is 0.386 e. The molecule has 0 saturated carbocycles. The molecule has 2 bridgehead atoms. The Balaban J connectivity index is 1.46. The number of piperidine rings is 1. The number of benzene rings is 1. The third-order valence-corrected chi connectivity index (χ3v) is 9.19. The molecule has 2 fully saturated rings. The lowest BCUT2D eigenvalue weighted by atomic mass is 9.90. The molecule has 1 unspecified atom stereocenters. The van der Waals surface area contributed by atoms with Gasteiger partial charge >= 0.3 is 0 Å². The number of nitrogens with one attached hydrogen (secondary N) is 1. The van der Waals surface area contributed by atoms with Crippen molar-refractivity contribution in [3.05, 3.63) is 65.0 Å². The number of carbonyl (C=O) groups is 1. The summed E-state index contributed by atoms with van der Waals surface area (Å²) in [5, 5.41) is 19.2. The average Bonchev–Trinajstić information content (AvgIpc) is 3.36. The first kappa shape index (κ1) is 27.8. The van der Waals surface area contributed by atoms with E-state index in [4.69, 9.17) is 10.1 Å². The molecule has 0 aliphatic carbocycles. The van der Waals surface area contributed by atoms with Gasteiger partial charge in [-0.25, -0.2) is 9.50 Å². The van der Waals surface area contributed by atoms with Crippen LogP contribution in [0.15, 0.2) is 36.9 Å². The summed E-state index contributed by atoms with van der Waals surface area (Å²) in [6.45, 7) is 16.3. The number of aromatic nitrogens is 3. The number of fused-ring (bicyclic) bond motifs is 4. The van der Waals surface area contributed by atoms with Gasteiger partial charge in [0.15, 0.2) is 5.65 Å². The maximum Gasteiger partial charge on any atom is 0.220 e. The molecule has 2 atom stereocenters. The molecule has 41 heavy (non-hydrogen) atoms. The van der Waals surface area contributed by atoms with Crippen molar-refractivity contribution in [1.29, 1.82) is 0 Å². The normalized spacial score (nSPS) is 22.9. The smallest absolute Gasteiger partial charge is 0.220 e. The lowest BCUT2D eigenvalue weighted by Crippen LogP contribution is -2.45. The second-order valence-corrected chi connectivity index (χ2v) is 13.0. The summed E-state index contributed by atoms with van der Waals surface area (Å²) < 4.78 is 2.04. The predicted octanol–water partition coefficient (Wildman–Crippen LogP) is 5.17. The zero-order valence-electron chi connectivity index (χ0n) is 25.0. The third kappa shape index (κ3) is 5.46. The van der Waals surface area contributed by atoms with Crippen molar-refractivity contribution in [2.75, 3.05) is 31.1 Å². The van der Waals surface area contributed by atoms with Crippen LogP contribution in [0.1, 0.15) is 99.8 Å². The lowest BCUT2D eigenvalue weighted by Gasteiger charge is -2.38. The van der Waals surface area contributed by atoms with E-state index in [9.17, 15) is 9.90 Å². The molecule has 8 nitrogen and oxygen atoms in total. The van der Waals surface area contributed by atoms with Crippen molar-refractivity contribution < 1.29 is 9.90 Å². The van der Waals surface area contributed by atoms with Crippen LogP contribution < -0.4 is 10.2 Å². The Morgan fingerprint density at radius 2 is 1.88 bits per heavy atom. The fraction of sp³-hybridized carbons (Fsp3) is 0.545. The van der Waals surface area contributed by atoms with Gasteiger partial charge in [-0.15, -0.1) is 0 Å². The van der Waals surface area contributed by atoms with Crippen molar-refractivity contribution in [2.45, 2.75) is 83.8 Å². The van der Waals surface area contributed by atoms with Crippen LogP contribution in [0.4, 0.5) is 5.82 Å². The fourth-order valence-electron chi connectivity index (χ4n) is 6.64. The molecule has 1 amide bonds. The van der Waals surface area contributed by atoms with E-state index in [0.717, 1.165) is 90.6 Å². The number of rotatable bonds is 2. The van der Waals surface area contributed by atoms with Crippen molar-refractivity contribution in [2.24, 2.45) is 5.92 Å². The Kier molecular flexibility index (Phi) is 7.30. The third-order valence-electron chi connectivity index (χ3n) is 9.19. The van der Waals surface area contributed by atoms with Crippen LogP contribution in [-0.2, 0) is 16.8 Å². The zero-order valence-corrected chi connectivity index (χ0v) is 25.0. The molecule has 2 saturated heterocycles. The summed E-state index contributed by atoms with van der Waals surface area (Å²) in [7, 11) is 0. The molecule has 0 spiro atoms. The molecule has 3 aromatic rings. The molecule has 2 aromatic heterocycles. The number of aliphatic hydroxyl groups is 1. The highest BCUT2D eigenvalue weighted by Crippen LogP contribution is 2.39. The van der Waals surface area contributed by atoms with Crippen LogP contribution in [0, 0.1) is 5.92 Å². The van der Waals surface area contributed by atoms with E-state index in [0.29, 0.717) is 25.3 Å². The minimum Gasteiger partial charge on any atom is -0.386 e. The van der Waals surface area contributed by atoms with Crippen LogP contribution in [0.2, 0.25) is 0 Å². The summed E-state index contributed by atoms with van der Waals surface area (Å²) in [6.07, 6.45) is 5.07. The summed E-state index contributed by atoms with van der Waals surface area (Å²) >= 11 is 0. The van der Waals surface area contributed by atoms with Crippen LogP contribution >= 0.6 is 0 Å². The summed E-state index contributed by atoms with van der Waals surface area (Å²) in [5.74, 6) is 1.96. The number of hydrogen-bond acceptors (Lipinski definition) is 6. The van der Waals surface area contributed by atoms with Gasteiger partial charge in [0.1, 0.15) is 5.82 Å². The van der Waals surface area contributed by atoms with Gasteiger partial charge in [0, 0.05) is 61.9 Å². The van der Waals surface area contributed by atoms with Crippen molar-refractivity contribution in [1.82, 2.24) is 24.8 Å². The predicted molar refractivity (Wildman–Crippen MR) is 163 cm³/mol. The minimum absolute atomic E-state index is 0.0553. The topological polar surface area (TPSA) is 86.0 Å². The maximum absolute atomic E-state index is 12.9. The summed E-state index contributed by atoms with van der Waals surface area (Å²) in [4.78, 5) is 22.7. The molecule has 218 valence electrons. The van der Waals surface area contributed by atoms with E-state index in [2.05, 4.69) is 59.8 Å². The van der Waals surface area contributed by atoms with Crippen LogP contribution in [-0.4, -0.2) is 56.7 Å². The Morgan fingerprint density at radius 3 is 2.63 bits per heavy atom. The first-order chi connectivity index (χ1) is 19.6. The number of nitrogens with zero attached hydrogens (tertiary/aromatic N) is 5. The Labute approximate surface area is 243 Å². The van der Waals surface area contributed by atoms with Crippen LogP contribution in [0.25, 0.3) is 11.3 Å². The van der Waals surface area contributed by atoms with E-state index >= 15 is 0 Å². The number of aryl methyl sites for hydroxylation is 1. The minimum atomic E-state index is -0.977. The molecule has 3 aliphatic heterocycles. The number of hydrogen-bond donors (Lipinski definition) is 2. The van der Waals surface area contributed by atoms with Crippen LogP contribution in [0.5, 0.6) is 0 Å². The fourth-order valence-corrected chi connectivity index (χ4v) is 6.64. The van der Waals surface area contributed by atoms with E-state index in [1.807, 2.05) is 24.4 Å². The van der Waals surface area contributed by atoms with Gasteiger partial charge in [-0.2, -0.15) is 5.10 Å². The first-order valence-corrected chi connectivity index (χ1v) is 15.3. The number of amides is 1. The van der Waals surface area contributed by atoms with Crippen molar-refractivity contribution in [3.8, 4) is 0 Å². The van der Waals surface area contributed by atoms with Gasteiger partial charge in [-0.05, 0) is 69.1 Å². The van der Waals surface area contributed by atoms with Crippen LogP contribution in [0.3, 0.4) is 0 Å². The second-order valence-electron chi connectivity index (χ2n) is 13.0. The molecule has 8 heteroatoms. The highest BCUT2D eigenvalue weighted by Gasteiger charge is 2.31. The SMILES string of the molecule is C=C1c2cc(C(C)(C)O)ccc2CCC(=O)NCCC(C)c2cc(N3CC(C)C3)nc3cc(nn23)[C@@H]2CCCCN12. The molecule has 5 heterocycles. The lowest BCUT2D eigenvalue weighted by molar-refractivity contribution is -0.121. The molecular formula is C33H44N6O2. The number of anilines is 1. The van der Waals surface area contributed by atoms with Crippen molar-refractivity contribution >= 4 is 23.1 Å². The zero-order chi connectivity index (χ0) is 28.9. The molecule has 6 rings (SSSR count). The summed E-state index contributed by atoms with van der Waals surface area (Å²) in [6, 6.07) is 10.6. The maximum atomic E-state index is 12.9. The van der Waals surface area contributed by atoms with E-state index in [1.54, 1.807) is 0 Å². The molecule has 3 aliphatic rings. The highest BCUT2D eigenvalue weighted by atomic mass is 16.3. The van der Waals surface area contributed by atoms with Crippen molar-refractivity contribution in [3.63, 3.8) is 0 Å². The Morgan fingerprint density at radius 1 is 1.07 bits per heavy atom. The quantitative estimate of drug-likeness (QED) is 0.453. The van der Waals surface area contributed by atoms with E-state index in [-0.39, 0.29) is 17.9 Å². The molecule has 1 aromatic carbocycles. The Hall–Kier alpha value is -3.39. The monoisotopic (exact) mass is 556 g/mol. The standard InChI is InChI=1S/C33H44N6O2/c1-21-19-37(20-21)30-18-29-22(2)13-14-34-32(40)12-10-24-9-11-25(33(4,5)41)16-26(24)23(3)38-15-7-6-8-28(38)27-17-31(35-30)39(29)36-27/h9,11,16-18,21-22,28,41H,3,6-8,10,12-15,19-20H2,1-2,4-5H3,(H,34,40)/t22?,28-/m0/s1. The van der Waals surface area contributed by atoms with Gasteiger partial charge in [0.2, 0.25) is 5.91 Å². The van der Waals surface area contributed by atoms with E-state index < -0.39 is 5.60 Å². The van der Waals surface area contributed by atoms with Gasteiger partial charge in [-0.1, -0.05) is 32.6 Å². The number of carbonyl (C=O) groups excluding carboxylic acids is 1. The first-order valence-electron chi connectivity index (χ1n) is 15.3.